The van der Waals surface area contributed by atoms with Gasteiger partial charge in [-0.3, -0.25) is 9.78 Å². The number of methoxy groups -OCH3 is 1. The van der Waals surface area contributed by atoms with E-state index in [2.05, 4.69) is 10.3 Å². The van der Waals surface area contributed by atoms with Crippen molar-refractivity contribution in [2.45, 2.75) is 6.61 Å². The van der Waals surface area contributed by atoms with Crippen LogP contribution in [0.3, 0.4) is 0 Å². The molecule has 0 aliphatic heterocycles. The predicted molar refractivity (Wildman–Crippen MR) is 106 cm³/mol. The quantitative estimate of drug-likeness (QED) is 0.613. The Kier molecular flexibility index (Phi) is 6.16. The third-order valence-corrected chi connectivity index (χ3v) is 4.13. The van der Waals surface area contributed by atoms with Crippen LogP contribution in [-0.2, 0) is 6.61 Å². The summed E-state index contributed by atoms with van der Waals surface area (Å²) in [7, 11) is 1.56. The topological polar surface area (TPSA) is 60.5 Å². The molecular weight excluding hydrogens is 387 g/mol. The lowest BCUT2D eigenvalue weighted by Gasteiger charge is -2.13. The van der Waals surface area contributed by atoms with Crippen LogP contribution in [0.4, 0.5) is 5.69 Å². The van der Waals surface area contributed by atoms with Crippen LogP contribution in [0, 0.1) is 0 Å². The van der Waals surface area contributed by atoms with Gasteiger partial charge in [-0.1, -0.05) is 23.2 Å². The Morgan fingerprint density at radius 1 is 1.00 bits per heavy atom. The third kappa shape index (κ3) is 5.12. The molecule has 7 heteroatoms. The van der Waals surface area contributed by atoms with E-state index in [1.54, 1.807) is 55.9 Å². The number of carbonyl (C=O) groups excluding carboxylic acids is 1. The molecule has 3 aromatic rings. The average molecular weight is 403 g/mol. The molecule has 0 saturated carbocycles. The minimum absolute atomic E-state index is 0.329. The van der Waals surface area contributed by atoms with Crippen molar-refractivity contribution in [2.75, 3.05) is 12.4 Å². The molecule has 0 atom stereocenters. The van der Waals surface area contributed by atoms with E-state index in [4.69, 9.17) is 32.7 Å². The Morgan fingerprint density at radius 3 is 2.37 bits per heavy atom. The van der Waals surface area contributed by atoms with Crippen molar-refractivity contribution < 1.29 is 14.3 Å². The van der Waals surface area contributed by atoms with Gasteiger partial charge in [-0.2, -0.15) is 0 Å². The molecule has 0 spiro atoms. The summed E-state index contributed by atoms with van der Waals surface area (Å²) in [4.78, 5) is 16.4. The third-order valence-electron chi connectivity index (χ3n) is 3.69. The van der Waals surface area contributed by atoms with Gasteiger partial charge in [0.05, 0.1) is 7.11 Å². The standard InChI is InChI=1S/C20H16Cl2N2O3/c1-26-18-3-2-17(11-19(18)27-12-13-4-6-23-7-5-13)24-20(25)14-8-15(21)10-16(22)9-14/h2-11H,12H2,1H3,(H,24,25). The first-order chi connectivity index (χ1) is 13.0. The number of amides is 1. The van der Waals surface area contributed by atoms with Crippen molar-refractivity contribution in [1.29, 1.82) is 0 Å². The molecule has 0 bridgehead atoms. The Hall–Kier alpha value is -2.76. The van der Waals surface area contributed by atoms with E-state index in [0.717, 1.165) is 5.56 Å². The molecule has 3 rings (SSSR count). The van der Waals surface area contributed by atoms with Crippen LogP contribution in [0.25, 0.3) is 0 Å². The van der Waals surface area contributed by atoms with Crippen molar-refractivity contribution in [2.24, 2.45) is 0 Å². The first-order valence-corrected chi connectivity index (χ1v) is 8.78. The van der Waals surface area contributed by atoms with Gasteiger partial charge in [0.2, 0.25) is 0 Å². The molecule has 2 aromatic carbocycles. The summed E-state index contributed by atoms with van der Waals surface area (Å²) in [6.45, 7) is 0.347. The van der Waals surface area contributed by atoms with E-state index in [9.17, 15) is 4.79 Å². The van der Waals surface area contributed by atoms with E-state index < -0.39 is 0 Å². The van der Waals surface area contributed by atoms with E-state index in [1.165, 1.54) is 0 Å². The Morgan fingerprint density at radius 2 is 1.70 bits per heavy atom. The summed E-state index contributed by atoms with van der Waals surface area (Å²) in [6.07, 6.45) is 3.39. The highest BCUT2D eigenvalue weighted by atomic mass is 35.5. The first-order valence-electron chi connectivity index (χ1n) is 8.02. The van der Waals surface area contributed by atoms with Crippen LogP contribution in [0.5, 0.6) is 11.5 Å². The maximum absolute atomic E-state index is 12.5. The predicted octanol–water partition coefficient (Wildman–Crippen LogP) is 5.23. The van der Waals surface area contributed by atoms with Crippen LogP contribution >= 0.6 is 23.2 Å². The lowest BCUT2D eigenvalue weighted by Crippen LogP contribution is -2.12. The highest BCUT2D eigenvalue weighted by Crippen LogP contribution is 2.31. The Balaban J connectivity index is 1.76. The number of carbonyl (C=O) groups is 1. The highest BCUT2D eigenvalue weighted by molar-refractivity contribution is 6.35. The fourth-order valence-electron chi connectivity index (χ4n) is 2.40. The smallest absolute Gasteiger partial charge is 0.255 e. The maximum atomic E-state index is 12.5. The van der Waals surface area contributed by atoms with Crippen LogP contribution in [-0.4, -0.2) is 18.0 Å². The number of anilines is 1. The van der Waals surface area contributed by atoms with Gasteiger partial charge < -0.3 is 14.8 Å². The van der Waals surface area contributed by atoms with Crippen LogP contribution < -0.4 is 14.8 Å². The maximum Gasteiger partial charge on any atom is 0.255 e. The molecule has 1 N–H and O–H groups in total. The van der Waals surface area contributed by atoms with Gasteiger partial charge in [0, 0.05) is 39.8 Å². The monoisotopic (exact) mass is 402 g/mol. The molecule has 138 valence electrons. The van der Waals surface area contributed by atoms with Crippen LogP contribution in [0.2, 0.25) is 10.0 Å². The van der Waals surface area contributed by atoms with Crippen molar-refractivity contribution in [1.82, 2.24) is 4.98 Å². The average Bonchev–Trinajstić information content (AvgIpc) is 2.66. The lowest BCUT2D eigenvalue weighted by molar-refractivity contribution is 0.102. The summed E-state index contributed by atoms with van der Waals surface area (Å²) in [5, 5.41) is 3.59. The number of benzene rings is 2. The SMILES string of the molecule is COc1ccc(NC(=O)c2cc(Cl)cc(Cl)c2)cc1OCc1ccncc1. The number of rotatable bonds is 6. The molecule has 0 unspecified atom stereocenters. The zero-order chi connectivity index (χ0) is 19.2. The molecule has 0 radical (unpaired) electrons. The van der Waals surface area contributed by atoms with E-state index >= 15 is 0 Å². The number of nitrogens with zero attached hydrogens (tertiary/aromatic N) is 1. The minimum Gasteiger partial charge on any atom is -0.493 e. The fraction of sp³-hybridized carbons (Fsp3) is 0.100. The number of aromatic nitrogens is 1. The second-order valence-corrected chi connectivity index (χ2v) is 6.49. The summed E-state index contributed by atoms with van der Waals surface area (Å²) in [5.74, 6) is 0.744. The summed E-state index contributed by atoms with van der Waals surface area (Å²) >= 11 is 11.9. The van der Waals surface area contributed by atoms with Crippen molar-refractivity contribution in [3.8, 4) is 11.5 Å². The molecular formula is C20H16Cl2N2O3. The normalized spacial score (nSPS) is 10.3. The Bertz CT molecular complexity index is 929. The number of ether oxygens (including phenoxy) is 2. The van der Waals surface area contributed by atoms with E-state index in [0.29, 0.717) is 39.4 Å². The lowest BCUT2D eigenvalue weighted by atomic mass is 10.2. The van der Waals surface area contributed by atoms with Crippen molar-refractivity contribution in [3.05, 3.63) is 82.1 Å². The zero-order valence-electron chi connectivity index (χ0n) is 14.4. The number of halogens is 2. The van der Waals surface area contributed by atoms with Crippen molar-refractivity contribution in [3.63, 3.8) is 0 Å². The molecule has 0 aliphatic carbocycles. The first kappa shape index (κ1) is 19.0. The van der Waals surface area contributed by atoms with Gasteiger partial charge in [0.15, 0.2) is 11.5 Å². The van der Waals surface area contributed by atoms with Gasteiger partial charge in [-0.05, 0) is 48.0 Å². The van der Waals surface area contributed by atoms with Gasteiger partial charge in [0.1, 0.15) is 6.61 Å². The van der Waals surface area contributed by atoms with Gasteiger partial charge in [-0.15, -0.1) is 0 Å². The van der Waals surface area contributed by atoms with E-state index in [-0.39, 0.29) is 5.91 Å². The highest BCUT2D eigenvalue weighted by Gasteiger charge is 2.11. The minimum atomic E-state index is -0.329. The zero-order valence-corrected chi connectivity index (χ0v) is 15.9. The van der Waals surface area contributed by atoms with Gasteiger partial charge in [-0.25, -0.2) is 0 Å². The van der Waals surface area contributed by atoms with Gasteiger partial charge in [0.25, 0.3) is 5.91 Å². The number of nitrogens with one attached hydrogen (secondary N) is 1. The molecule has 1 heterocycles. The number of hydrogen-bond donors (Lipinski definition) is 1. The molecule has 0 aliphatic rings. The molecule has 5 nitrogen and oxygen atoms in total. The number of pyridine rings is 1. The second-order valence-electron chi connectivity index (χ2n) is 5.62. The summed E-state index contributed by atoms with van der Waals surface area (Å²) < 4.78 is 11.2. The van der Waals surface area contributed by atoms with E-state index in [1.807, 2.05) is 12.1 Å². The molecule has 0 saturated heterocycles. The molecule has 1 amide bonds. The molecule has 0 fully saturated rings. The molecule has 1 aromatic heterocycles. The Labute approximate surface area is 166 Å². The number of hydrogen-bond acceptors (Lipinski definition) is 4. The summed E-state index contributed by atoms with van der Waals surface area (Å²) in [5.41, 5.74) is 1.89. The summed E-state index contributed by atoms with van der Waals surface area (Å²) in [6, 6.07) is 13.5. The van der Waals surface area contributed by atoms with Crippen LogP contribution in [0.1, 0.15) is 15.9 Å². The fourth-order valence-corrected chi connectivity index (χ4v) is 2.92. The van der Waals surface area contributed by atoms with Crippen molar-refractivity contribution >= 4 is 34.8 Å². The van der Waals surface area contributed by atoms with Gasteiger partial charge >= 0.3 is 0 Å². The second kappa shape index (κ2) is 8.75. The largest absolute Gasteiger partial charge is 0.493 e. The van der Waals surface area contributed by atoms with Crippen LogP contribution in [0.15, 0.2) is 60.9 Å². The molecule has 27 heavy (non-hydrogen) atoms.